The van der Waals surface area contributed by atoms with Gasteiger partial charge in [0, 0.05) is 23.2 Å². The van der Waals surface area contributed by atoms with Gasteiger partial charge in [0.05, 0.1) is 11.9 Å². The molecule has 0 saturated heterocycles. The molecule has 0 aliphatic rings. The quantitative estimate of drug-likeness (QED) is 0.811. The van der Waals surface area contributed by atoms with Gasteiger partial charge in [0.15, 0.2) is 0 Å². The van der Waals surface area contributed by atoms with Gasteiger partial charge < -0.3 is 5.32 Å². The van der Waals surface area contributed by atoms with Crippen molar-refractivity contribution in [2.75, 3.05) is 17.1 Å². The largest absolute Gasteiger partial charge is 0.347 e. The zero-order valence-electron chi connectivity index (χ0n) is 17.8. The summed E-state index contributed by atoms with van der Waals surface area (Å²) < 4.78 is 26.1. The first kappa shape index (κ1) is 22.0. The maximum absolute atomic E-state index is 12.6. The Bertz CT molecular complexity index is 989. The highest BCUT2D eigenvalue weighted by Gasteiger charge is 2.21. The van der Waals surface area contributed by atoms with Crippen LogP contribution in [0.5, 0.6) is 0 Å². The van der Waals surface area contributed by atoms with Crippen LogP contribution in [0, 0.1) is 13.8 Å². The van der Waals surface area contributed by atoms with E-state index < -0.39 is 10.0 Å². The highest BCUT2D eigenvalue weighted by Crippen LogP contribution is 2.35. The number of hydrogen-bond donors (Lipinski definition) is 1. The number of anilines is 1. The van der Waals surface area contributed by atoms with Crippen molar-refractivity contribution in [2.24, 2.45) is 0 Å². The van der Waals surface area contributed by atoms with Gasteiger partial charge >= 0.3 is 0 Å². The van der Waals surface area contributed by atoms with Crippen molar-refractivity contribution >= 4 is 21.6 Å². The van der Waals surface area contributed by atoms with Gasteiger partial charge in [0.25, 0.3) is 5.91 Å². The van der Waals surface area contributed by atoms with Crippen LogP contribution in [-0.4, -0.2) is 32.7 Å². The minimum absolute atomic E-state index is 0.157. The zero-order chi connectivity index (χ0) is 21.3. The maximum atomic E-state index is 12.6. The molecule has 0 fully saturated rings. The number of rotatable bonds is 5. The molecule has 0 radical (unpaired) electrons. The van der Waals surface area contributed by atoms with Gasteiger partial charge in [-0.1, -0.05) is 12.1 Å². The van der Waals surface area contributed by atoms with Crippen LogP contribution in [0.3, 0.4) is 0 Å². The van der Waals surface area contributed by atoms with Crippen molar-refractivity contribution in [1.29, 1.82) is 0 Å². The molecule has 2 aromatic carbocycles. The summed E-state index contributed by atoms with van der Waals surface area (Å²) in [6.07, 6.45) is 1.21. The van der Waals surface area contributed by atoms with Crippen LogP contribution in [0.1, 0.15) is 49.2 Å². The Labute approximate surface area is 168 Å². The van der Waals surface area contributed by atoms with Gasteiger partial charge in [-0.2, -0.15) is 0 Å². The topological polar surface area (TPSA) is 66.5 Å². The van der Waals surface area contributed by atoms with E-state index in [0.717, 1.165) is 22.3 Å². The molecule has 1 N–H and O–H groups in total. The number of nitrogens with one attached hydrogen (secondary N) is 1. The van der Waals surface area contributed by atoms with Crippen molar-refractivity contribution in [2.45, 2.75) is 47.1 Å². The molecule has 0 atom stereocenters. The summed E-state index contributed by atoms with van der Waals surface area (Å²) in [5, 5.41) is 2.96. The Kier molecular flexibility index (Phi) is 6.24. The number of benzene rings is 2. The third kappa shape index (κ3) is 5.13. The van der Waals surface area contributed by atoms with E-state index in [0.29, 0.717) is 17.8 Å². The minimum Gasteiger partial charge on any atom is -0.347 e. The first-order valence-corrected chi connectivity index (χ1v) is 11.2. The Morgan fingerprint density at radius 3 is 2.21 bits per heavy atom. The van der Waals surface area contributed by atoms with E-state index in [-0.39, 0.29) is 11.4 Å². The normalized spacial score (nSPS) is 12.0. The SMILES string of the molecule is CCN(c1cc(C)c(C)cc1-c1cccc(C(=O)NC(C)(C)C)c1)S(C)(=O)=O. The molecule has 0 heterocycles. The van der Waals surface area contributed by atoms with Crippen molar-refractivity contribution in [3.05, 3.63) is 53.1 Å². The Morgan fingerprint density at radius 2 is 1.68 bits per heavy atom. The summed E-state index contributed by atoms with van der Waals surface area (Å²) in [4.78, 5) is 12.6. The lowest BCUT2D eigenvalue weighted by Crippen LogP contribution is -2.40. The second-order valence-corrected chi connectivity index (χ2v) is 10.1. The van der Waals surface area contributed by atoms with E-state index >= 15 is 0 Å². The summed E-state index contributed by atoms with van der Waals surface area (Å²) in [5.74, 6) is -0.157. The first-order chi connectivity index (χ1) is 12.8. The number of hydrogen-bond acceptors (Lipinski definition) is 3. The number of amides is 1. The number of nitrogens with zero attached hydrogens (tertiary/aromatic N) is 1. The van der Waals surface area contributed by atoms with E-state index in [1.54, 1.807) is 6.07 Å². The molecule has 0 aromatic heterocycles. The van der Waals surface area contributed by atoms with Crippen molar-refractivity contribution in [3.63, 3.8) is 0 Å². The maximum Gasteiger partial charge on any atom is 0.251 e. The molecule has 0 aliphatic carbocycles. The minimum atomic E-state index is -3.42. The molecule has 0 saturated carbocycles. The molecular weight excluding hydrogens is 372 g/mol. The molecule has 1 amide bonds. The fourth-order valence-corrected chi connectivity index (χ4v) is 4.04. The lowest BCUT2D eigenvalue weighted by atomic mass is 9.96. The van der Waals surface area contributed by atoms with E-state index in [9.17, 15) is 13.2 Å². The third-order valence-electron chi connectivity index (χ3n) is 4.49. The van der Waals surface area contributed by atoms with Crippen LogP contribution in [-0.2, 0) is 10.0 Å². The third-order valence-corrected chi connectivity index (χ3v) is 5.75. The molecule has 28 heavy (non-hydrogen) atoms. The molecule has 0 bridgehead atoms. The smallest absolute Gasteiger partial charge is 0.251 e. The van der Waals surface area contributed by atoms with Crippen LogP contribution >= 0.6 is 0 Å². The highest BCUT2D eigenvalue weighted by molar-refractivity contribution is 7.92. The van der Waals surface area contributed by atoms with Gasteiger partial charge in [0.2, 0.25) is 10.0 Å². The van der Waals surface area contributed by atoms with Gasteiger partial charge in [-0.3, -0.25) is 9.10 Å². The van der Waals surface area contributed by atoms with Crippen molar-refractivity contribution in [1.82, 2.24) is 5.32 Å². The summed E-state index contributed by atoms with van der Waals surface area (Å²) >= 11 is 0. The summed E-state index contributed by atoms with van der Waals surface area (Å²) in [5.41, 5.74) is 4.51. The predicted molar refractivity (Wildman–Crippen MR) is 116 cm³/mol. The van der Waals surface area contributed by atoms with E-state index in [1.165, 1.54) is 10.6 Å². The Hall–Kier alpha value is -2.34. The average molecular weight is 403 g/mol. The van der Waals surface area contributed by atoms with Crippen LogP contribution in [0.25, 0.3) is 11.1 Å². The van der Waals surface area contributed by atoms with Crippen LogP contribution in [0.4, 0.5) is 5.69 Å². The number of carbonyl (C=O) groups is 1. The molecule has 2 rings (SSSR count). The summed E-state index contributed by atoms with van der Waals surface area (Å²) in [6, 6.07) is 11.2. The summed E-state index contributed by atoms with van der Waals surface area (Å²) in [6.45, 7) is 11.9. The van der Waals surface area contributed by atoms with Crippen LogP contribution in [0.15, 0.2) is 36.4 Å². The zero-order valence-corrected chi connectivity index (χ0v) is 18.6. The fourth-order valence-electron chi connectivity index (χ4n) is 3.06. The molecule has 152 valence electrons. The van der Waals surface area contributed by atoms with E-state index in [2.05, 4.69) is 5.32 Å². The summed E-state index contributed by atoms with van der Waals surface area (Å²) in [7, 11) is -3.42. The Balaban J connectivity index is 2.64. The lowest BCUT2D eigenvalue weighted by Gasteiger charge is -2.25. The average Bonchev–Trinajstić information content (AvgIpc) is 2.55. The molecule has 0 aliphatic heterocycles. The second kappa shape index (κ2) is 7.95. The Morgan fingerprint density at radius 1 is 1.07 bits per heavy atom. The van der Waals surface area contributed by atoms with Gasteiger partial charge in [-0.05, 0) is 82.5 Å². The molecule has 2 aromatic rings. The van der Waals surface area contributed by atoms with Crippen molar-refractivity contribution in [3.8, 4) is 11.1 Å². The van der Waals surface area contributed by atoms with Gasteiger partial charge in [-0.15, -0.1) is 0 Å². The van der Waals surface area contributed by atoms with E-state index in [1.807, 2.05) is 71.9 Å². The second-order valence-electron chi connectivity index (χ2n) is 8.17. The number of sulfonamides is 1. The lowest BCUT2D eigenvalue weighted by molar-refractivity contribution is 0.0919. The number of carbonyl (C=O) groups excluding carboxylic acids is 1. The van der Waals surface area contributed by atoms with Crippen molar-refractivity contribution < 1.29 is 13.2 Å². The molecule has 6 heteroatoms. The van der Waals surface area contributed by atoms with E-state index in [4.69, 9.17) is 0 Å². The molecule has 5 nitrogen and oxygen atoms in total. The molecular formula is C22H30N2O3S. The first-order valence-electron chi connectivity index (χ1n) is 9.35. The molecule has 0 unspecified atom stereocenters. The monoisotopic (exact) mass is 402 g/mol. The highest BCUT2D eigenvalue weighted by atomic mass is 32.2. The molecule has 0 spiro atoms. The standard InChI is InChI=1S/C22H30N2O3S/c1-8-24(28(7,26)27)20-13-16(3)15(2)12-19(20)17-10-9-11-18(14-17)21(25)23-22(4,5)6/h9-14H,8H2,1-7H3,(H,23,25). The number of aryl methyl sites for hydroxylation is 2. The van der Waals surface area contributed by atoms with Crippen LogP contribution in [0.2, 0.25) is 0 Å². The van der Waals surface area contributed by atoms with Gasteiger partial charge in [-0.25, -0.2) is 8.42 Å². The predicted octanol–water partition coefficient (Wildman–Crippen LogP) is 4.28. The van der Waals surface area contributed by atoms with Crippen LogP contribution < -0.4 is 9.62 Å². The van der Waals surface area contributed by atoms with Gasteiger partial charge in [0.1, 0.15) is 0 Å². The fraction of sp³-hybridized carbons (Fsp3) is 0.409.